The number of aromatic nitrogens is 2. The number of thiophene rings is 1. The molecule has 0 fully saturated rings. The number of halogens is 2. The standard InChI is InChI=1S/C10H8BrClN2S/c1-2-6-3-4-8(15-6)10-13-5-7(11)9(12)14-10/h3-5H,2H2,1H3. The number of aryl methyl sites for hydroxylation is 1. The van der Waals surface area contributed by atoms with Crippen molar-refractivity contribution in [1.29, 1.82) is 0 Å². The minimum Gasteiger partial charge on any atom is -0.235 e. The van der Waals surface area contributed by atoms with Crippen LogP contribution < -0.4 is 0 Å². The summed E-state index contributed by atoms with van der Waals surface area (Å²) >= 11 is 10.9. The second kappa shape index (κ2) is 4.60. The number of nitrogens with zero attached hydrogens (tertiary/aromatic N) is 2. The minimum absolute atomic E-state index is 0.450. The highest BCUT2D eigenvalue weighted by Crippen LogP contribution is 2.28. The van der Waals surface area contributed by atoms with Crippen LogP contribution in [0.1, 0.15) is 11.8 Å². The third-order valence-electron chi connectivity index (χ3n) is 1.93. The van der Waals surface area contributed by atoms with Crippen LogP contribution >= 0.6 is 38.9 Å². The molecule has 2 aromatic heterocycles. The molecule has 2 nitrogen and oxygen atoms in total. The Morgan fingerprint density at radius 3 is 2.87 bits per heavy atom. The van der Waals surface area contributed by atoms with E-state index in [1.807, 2.05) is 6.07 Å². The highest BCUT2D eigenvalue weighted by atomic mass is 79.9. The van der Waals surface area contributed by atoms with E-state index < -0.39 is 0 Å². The van der Waals surface area contributed by atoms with Gasteiger partial charge in [0.15, 0.2) is 5.82 Å². The monoisotopic (exact) mass is 302 g/mol. The van der Waals surface area contributed by atoms with Crippen molar-refractivity contribution in [2.75, 3.05) is 0 Å². The van der Waals surface area contributed by atoms with Gasteiger partial charge < -0.3 is 0 Å². The van der Waals surface area contributed by atoms with Crippen molar-refractivity contribution in [2.45, 2.75) is 13.3 Å². The van der Waals surface area contributed by atoms with Gasteiger partial charge in [-0.15, -0.1) is 11.3 Å². The normalized spacial score (nSPS) is 10.6. The third-order valence-corrected chi connectivity index (χ3v) is 4.25. The summed E-state index contributed by atoms with van der Waals surface area (Å²) in [6.07, 6.45) is 2.71. The van der Waals surface area contributed by atoms with Crippen LogP contribution in [0, 0.1) is 0 Å². The molecule has 0 atom stereocenters. The molecule has 0 unspecified atom stereocenters. The van der Waals surface area contributed by atoms with E-state index in [1.165, 1.54) is 4.88 Å². The summed E-state index contributed by atoms with van der Waals surface area (Å²) in [5.74, 6) is 0.688. The highest BCUT2D eigenvalue weighted by molar-refractivity contribution is 9.10. The zero-order valence-electron chi connectivity index (χ0n) is 8.00. The molecule has 2 rings (SSSR count). The Hall–Kier alpha value is -0.450. The maximum atomic E-state index is 5.91. The van der Waals surface area contributed by atoms with Gasteiger partial charge in [0.25, 0.3) is 0 Å². The Morgan fingerprint density at radius 1 is 1.47 bits per heavy atom. The van der Waals surface area contributed by atoms with Gasteiger partial charge in [-0.05, 0) is 34.5 Å². The molecular weight excluding hydrogens is 296 g/mol. The molecule has 15 heavy (non-hydrogen) atoms. The van der Waals surface area contributed by atoms with Gasteiger partial charge in [-0.2, -0.15) is 0 Å². The Balaban J connectivity index is 2.40. The molecule has 0 radical (unpaired) electrons. The molecule has 78 valence electrons. The van der Waals surface area contributed by atoms with Gasteiger partial charge in [0.05, 0.1) is 9.35 Å². The molecular formula is C10H8BrClN2S. The summed E-state index contributed by atoms with van der Waals surface area (Å²) in [5.41, 5.74) is 0. The van der Waals surface area contributed by atoms with Crippen LogP contribution in [0.25, 0.3) is 10.7 Å². The molecule has 0 amide bonds. The van der Waals surface area contributed by atoms with Crippen LogP contribution in [0.5, 0.6) is 0 Å². The van der Waals surface area contributed by atoms with E-state index in [0.717, 1.165) is 15.8 Å². The van der Waals surface area contributed by atoms with Crippen LogP contribution in [0.3, 0.4) is 0 Å². The fraction of sp³-hybridized carbons (Fsp3) is 0.200. The highest BCUT2D eigenvalue weighted by Gasteiger charge is 2.07. The van der Waals surface area contributed by atoms with E-state index in [2.05, 4.69) is 38.9 Å². The van der Waals surface area contributed by atoms with E-state index in [1.54, 1.807) is 17.5 Å². The maximum Gasteiger partial charge on any atom is 0.171 e. The SMILES string of the molecule is CCc1ccc(-c2ncc(Br)c(Cl)n2)s1. The van der Waals surface area contributed by atoms with Crippen molar-refractivity contribution < 1.29 is 0 Å². The largest absolute Gasteiger partial charge is 0.235 e. The van der Waals surface area contributed by atoms with Crippen molar-refractivity contribution >= 4 is 38.9 Å². The first-order chi connectivity index (χ1) is 7.20. The van der Waals surface area contributed by atoms with Gasteiger partial charge in [0, 0.05) is 11.1 Å². The van der Waals surface area contributed by atoms with Crippen molar-refractivity contribution in [3.8, 4) is 10.7 Å². The van der Waals surface area contributed by atoms with E-state index >= 15 is 0 Å². The molecule has 0 aliphatic carbocycles. The van der Waals surface area contributed by atoms with Crippen LogP contribution in [0.4, 0.5) is 0 Å². The number of hydrogen-bond acceptors (Lipinski definition) is 3. The predicted molar refractivity (Wildman–Crippen MR) is 67.4 cm³/mol. The van der Waals surface area contributed by atoms with Crippen molar-refractivity contribution in [3.63, 3.8) is 0 Å². The van der Waals surface area contributed by atoms with E-state index in [-0.39, 0.29) is 0 Å². The summed E-state index contributed by atoms with van der Waals surface area (Å²) in [4.78, 5) is 10.8. The minimum atomic E-state index is 0.450. The number of hydrogen-bond donors (Lipinski definition) is 0. The molecule has 2 aromatic rings. The fourth-order valence-electron chi connectivity index (χ4n) is 1.15. The third kappa shape index (κ3) is 2.38. The van der Waals surface area contributed by atoms with Gasteiger partial charge >= 0.3 is 0 Å². The first-order valence-electron chi connectivity index (χ1n) is 4.48. The maximum absolute atomic E-state index is 5.91. The Kier molecular flexibility index (Phi) is 3.38. The molecule has 0 bridgehead atoms. The summed E-state index contributed by atoms with van der Waals surface area (Å²) in [5, 5.41) is 0.450. The van der Waals surface area contributed by atoms with Crippen molar-refractivity contribution in [3.05, 3.63) is 32.8 Å². The Labute approximate surface area is 105 Å². The van der Waals surface area contributed by atoms with Gasteiger partial charge in [-0.3, -0.25) is 0 Å². The lowest BCUT2D eigenvalue weighted by molar-refractivity contribution is 1.17. The summed E-state index contributed by atoms with van der Waals surface area (Å²) in [7, 11) is 0. The van der Waals surface area contributed by atoms with Crippen LogP contribution in [-0.2, 0) is 6.42 Å². The number of rotatable bonds is 2. The van der Waals surface area contributed by atoms with Gasteiger partial charge in [-0.25, -0.2) is 9.97 Å². The summed E-state index contributed by atoms with van der Waals surface area (Å²) < 4.78 is 0.722. The Bertz CT molecular complexity index is 484. The van der Waals surface area contributed by atoms with Crippen LogP contribution in [0.2, 0.25) is 5.15 Å². The lowest BCUT2D eigenvalue weighted by atomic mass is 10.3. The smallest absolute Gasteiger partial charge is 0.171 e. The predicted octanol–water partition coefficient (Wildman–Crippen LogP) is 4.18. The molecule has 0 spiro atoms. The van der Waals surface area contributed by atoms with Crippen molar-refractivity contribution in [2.24, 2.45) is 0 Å². The first kappa shape index (κ1) is 11.0. The zero-order chi connectivity index (χ0) is 10.8. The van der Waals surface area contributed by atoms with Crippen molar-refractivity contribution in [1.82, 2.24) is 9.97 Å². The zero-order valence-corrected chi connectivity index (χ0v) is 11.2. The fourth-order valence-corrected chi connectivity index (χ4v) is 2.36. The van der Waals surface area contributed by atoms with Crippen LogP contribution in [0.15, 0.2) is 22.8 Å². The molecule has 0 saturated heterocycles. The van der Waals surface area contributed by atoms with E-state index in [0.29, 0.717) is 11.0 Å². The van der Waals surface area contributed by atoms with Gasteiger partial charge in [0.1, 0.15) is 5.15 Å². The molecule has 0 aliphatic heterocycles. The van der Waals surface area contributed by atoms with Crippen LogP contribution in [-0.4, -0.2) is 9.97 Å². The van der Waals surface area contributed by atoms with Gasteiger partial charge in [-0.1, -0.05) is 18.5 Å². The molecule has 2 heterocycles. The molecule has 0 saturated carbocycles. The Morgan fingerprint density at radius 2 is 2.27 bits per heavy atom. The molecule has 0 N–H and O–H groups in total. The second-order valence-electron chi connectivity index (χ2n) is 2.95. The molecule has 0 aliphatic rings. The summed E-state index contributed by atoms with van der Waals surface area (Å²) in [6.45, 7) is 2.13. The average Bonchev–Trinajstić information content (AvgIpc) is 2.70. The molecule has 5 heteroatoms. The van der Waals surface area contributed by atoms with E-state index in [4.69, 9.17) is 11.6 Å². The topological polar surface area (TPSA) is 25.8 Å². The van der Waals surface area contributed by atoms with Gasteiger partial charge in [0.2, 0.25) is 0 Å². The average molecular weight is 304 g/mol. The quantitative estimate of drug-likeness (QED) is 0.778. The first-order valence-corrected chi connectivity index (χ1v) is 6.46. The second-order valence-corrected chi connectivity index (χ2v) is 5.33. The lowest BCUT2D eigenvalue weighted by Gasteiger charge is -1.97. The molecule has 0 aromatic carbocycles. The summed E-state index contributed by atoms with van der Waals surface area (Å²) in [6, 6.07) is 4.13. The lowest BCUT2D eigenvalue weighted by Crippen LogP contribution is -1.86. The van der Waals surface area contributed by atoms with E-state index in [9.17, 15) is 0 Å².